The van der Waals surface area contributed by atoms with E-state index in [9.17, 15) is 0 Å². The second kappa shape index (κ2) is 2.10. The molecule has 3 nitrogen and oxygen atoms in total. The molecule has 0 saturated carbocycles. The van der Waals surface area contributed by atoms with E-state index in [0.29, 0.717) is 5.56 Å². The molecule has 0 heterocycles. The molecule has 0 spiro atoms. The van der Waals surface area contributed by atoms with E-state index in [-0.39, 0.29) is 17.2 Å². The van der Waals surface area contributed by atoms with Gasteiger partial charge < -0.3 is 15.9 Å². The Balaban J connectivity index is 3.31. The molecule has 0 aliphatic rings. The van der Waals surface area contributed by atoms with Gasteiger partial charge in [0.1, 0.15) is 11.5 Å². The van der Waals surface area contributed by atoms with Gasteiger partial charge in [-0.25, -0.2) is 0 Å². The highest BCUT2D eigenvalue weighted by molar-refractivity contribution is 5.58. The fourth-order valence-corrected chi connectivity index (χ4v) is 0.787. The van der Waals surface area contributed by atoms with Crippen molar-refractivity contribution >= 4 is 5.69 Å². The Hall–Kier alpha value is -1.38. The summed E-state index contributed by atoms with van der Waals surface area (Å²) >= 11 is 0. The van der Waals surface area contributed by atoms with Crippen LogP contribution in [0.5, 0.6) is 11.5 Å². The molecular formula is C7H9NO2. The lowest BCUT2D eigenvalue weighted by Gasteiger charge is -2.02. The Bertz CT molecular complexity index is 235. The van der Waals surface area contributed by atoms with E-state index in [0.717, 1.165) is 0 Å². The van der Waals surface area contributed by atoms with Crippen LogP contribution in [-0.4, -0.2) is 10.2 Å². The van der Waals surface area contributed by atoms with Crippen LogP contribution in [0.2, 0.25) is 0 Å². The van der Waals surface area contributed by atoms with Crippen LogP contribution in [0.25, 0.3) is 0 Å². The lowest BCUT2D eigenvalue weighted by molar-refractivity contribution is 0.459. The lowest BCUT2D eigenvalue weighted by Crippen LogP contribution is -1.86. The highest BCUT2D eigenvalue weighted by Crippen LogP contribution is 2.28. The first kappa shape index (κ1) is 6.74. The van der Waals surface area contributed by atoms with Crippen LogP contribution in [0.1, 0.15) is 5.56 Å². The van der Waals surface area contributed by atoms with Crippen molar-refractivity contribution in [3.8, 4) is 11.5 Å². The van der Waals surface area contributed by atoms with Crippen LogP contribution in [0.3, 0.4) is 0 Å². The largest absolute Gasteiger partial charge is 0.508 e. The lowest BCUT2D eigenvalue weighted by atomic mass is 10.2. The van der Waals surface area contributed by atoms with Crippen molar-refractivity contribution in [3.05, 3.63) is 17.7 Å². The number of hydrogen-bond acceptors (Lipinski definition) is 3. The molecule has 1 aromatic rings. The third-order valence-electron chi connectivity index (χ3n) is 1.31. The van der Waals surface area contributed by atoms with Gasteiger partial charge in [0.2, 0.25) is 0 Å². The van der Waals surface area contributed by atoms with Gasteiger partial charge in [0.25, 0.3) is 0 Å². The van der Waals surface area contributed by atoms with Crippen molar-refractivity contribution in [1.29, 1.82) is 0 Å². The minimum atomic E-state index is 0.0396. The van der Waals surface area contributed by atoms with E-state index in [1.165, 1.54) is 12.1 Å². The molecule has 0 atom stereocenters. The van der Waals surface area contributed by atoms with Crippen LogP contribution < -0.4 is 5.73 Å². The monoisotopic (exact) mass is 139 g/mol. The second-order valence-corrected chi connectivity index (χ2v) is 2.20. The maximum atomic E-state index is 9.09. The summed E-state index contributed by atoms with van der Waals surface area (Å²) in [6, 6.07) is 2.76. The Morgan fingerprint density at radius 1 is 1.30 bits per heavy atom. The summed E-state index contributed by atoms with van der Waals surface area (Å²) in [5.41, 5.74) is 6.10. The summed E-state index contributed by atoms with van der Waals surface area (Å²) in [6.45, 7) is 1.67. The molecule has 0 amide bonds. The molecule has 1 rings (SSSR count). The second-order valence-electron chi connectivity index (χ2n) is 2.20. The van der Waals surface area contributed by atoms with Crippen molar-refractivity contribution in [2.75, 3.05) is 5.73 Å². The number of nitrogens with two attached hydrogens (primary N) is 1. The van der Waals surface area contributed by atoms with Crippen molar-refractivity contribution < 1.29 is 10.2 Å². The number of rotatable bonds is 0. The molecular weight excluding hydrogens is 130 g/mol. The summed E-state index contributed by atoms with van der Waals surface area (Å²) in [6.07, 6.45) is 0. The summed E-state index contributed by atoms with van der Waals surface area (Å²) in [5, 5.41) is 18.0. The van der Waals surface area contributed by atoms with E-state index < -0.39 is 0 Å². The number of aromatic hydroxyl groups is 2. The van der Waals surface area contributed by atoms with E-state index in [1.54, 1.807) is 6.92 Å². The van der Waals surface area contributed by atoms with Gasteiger partial charge in [0.15, 0.2) is 0 Å². The molecule has 0 aliphatic carbocycles. The molecule has 0 unspecified atom stereocenters. The summed E-state index contributed by atoms with van der Waals surface area (Å²) in [4.78, 5) is 0. The Morgan fingerprint density at radius 3 is 2.40 bits per heavy atom. The molecule has 0 aromatic heterocycles. The van der Waals surface area contributed by atoms with E-state index in [1.807, 2.05) is 0 Å². The quantitative estimate of drug-likeness (QED) is 0.285. The van der Waals surface area contributed by atoms with Crippen LogP contribution in [0.15, 0.2) is 12.1 Å². The fraction of sp³-hybridized carbons (Fsp3) is 0.143. The fourth-order valence-electron chi connectivity index (χ4n) is 0.787. The van der Waals surface area contributed by atoms with Crippen LogP contribution >= 0.6 is 0 Å². The Kier molecular flexibility index (Phi) is 1.41. The van der Waals surface area contributed by atoms with Crippen LogP contribution in [0.4, 0.5) is 5.69 Å². The molecule has 3 heteroatoms. The van der Waals surface area contributed by atoms with Gasteiger partial charge in [-0.1, -0.05) is 0 Å². The smallest absolute Gasteiger partial charge is 0.141 e. The Morgan fingerprint density at radius 2 is 1.90 bits per heavy atom. The highest BCUT2D eigenvalue weighted by Gasteiger charge is 2.01. The average molecular weight is 139 g/mol. The number of phenols is 2. The number of nitrogen functional groups attached to an aromatic ring is 1. The van der Waals surface area contributed by atoms with Gasteiger partial charge in [-0.3, -0.25) is 0 Å². The molecule has 0 saturated heterocycles. The number of phenolic OH excluding ortho intramolecular Hbond substituents is 2. The molecule has 0 bridgehead atoms. The van der Waals surface area contributed by atoms with Gasteiger partial charge in [0.05, 0.1) is 5.69 Å². The number of benzene rings is 1. The van der Waals surface area contributed by atoms with Gasteiger partial charge in [-0.2, -0.15) is 0 Å². The van der Waals surface area contributed by atoms with E-state index in [2.05, 4.69) is 0 Å². The third kappa shape index (κ3) is 0.978. The first-order valence-electron chi connectivity index (χ1n) is 2.89. The maximum Gasteiger partial charge on any atom is 0.141 e. The highest BCUT2D eigenvalue weighted by atomic mass is 16.3. The van der Waals surface area contributed by atoms with E-state index in [4.69, 9.17) is 15.9 Å². The number of hydrogen-bond donors (Lipinski definition) is 3. The van der Waals surface area contributed by atoms with Gasteiger partial charge >= 0.3 is 0 Å². The molecule has 54 valence electrons. The molecule has 0 radical (unpaired) electrons. The summed E-state index contributed by atoms with van der Waals surface area (Å²) in [5.74, 6) is 0.116. The zero-order valence-corrected chi connectivity index (χ0v) is 5.63. The number of anilines is 1. The molecule has 0 fully saturated rings. The molecule has 4 N–H and O–H groups in total. The summed E-state index contributed by atoms with van der Waals surface area (Å²) < 4.78 is 0. The topological polar surface area (TPSA) is 66.5 Å². The van der Waals surface area contributed by atoms with Gasteiger partial charge in [-0.15, -0.1) is 0 Å². The first-order chi connectivity index (χ1) is 4.61. The van der Waals surface area contributed by atoms with Gasteiger partial charge in [0, 0.05) is 6.07 Å². The zero-order chi connectivity index (χ0) is 7.72. The minimum Gasteiger partial charge on any atom is -0.508 e. The van der Waals surface area contributed by atoms with Crippen LogP contribution in [-0.2, 0) is 0 Å². The third-order valence-corrected chi connectivity index (χ3v) is 1.31. The maximum absolute atomic E-state index is 9.09. The molecule has 0 aliphatic heterocycles. The average Bonchev–Trinajstić information content (AvgIpc) is 1.82. The normalized spacial score (nSPS) is 9.70. The zero-order valence-electron chi connectivity index (χ0n) is 5.63. The minimum absolute atomic E-state index is 0.0396. The predicted molar refractivity (Wildman–Crippen MR) is 38.9 cm³/mol. The van der Waals surface area contributed by atoms with Crippen molar-refractivity contribution in [2.45, 2.75) is 6.92 Å². The molecule has 10 heavy (non-hydrogen) atoms. The first-order valence-corrected chi connectivity index (χ1v) is 2.89. The standard InChI is InChI=1S/C7H9NO2/c1-4-2-5(9)3-6(8)7(4)10/h2-3,9-10H,8H2,1H3. The number of aryl methyl sites for hydroxylation is 1. The SMILES string of the molecule is Cc1cc(O)cc(N)c1O. The van der Waals surface area contributed by atoms with Gasteiger partial charge in [-0.05, 0) is 18.6 Å². The predicted octanol–water partition coefficient (Wildman–Crippen LogP) is 0.988. The van der Waals surface area contributed by atoms with E-state index >= 15 is 0 Å². The van der Waals surface area contributed by atoms with Crippen molar-refractivity contribution in [3.63, 3.8) is 0 Å². The summed E-state index contributed by atoms with van der Waals surface area (Å²) in [7, 11) is 0. The Labute approximate surface area is 58.7 Å². The van der Waals surface area contributed by atoms with Crippen molar-refractivity contribution in [2.24, 2.45) is 0 Å². The molecule has 1 aromatic carbocycles. The van der Waals surface area contributed by atoms with Crippen molar-refractivity contribution in [1.82, 2.24) is 0 Å². The van der Waals surface area contributed by atoms with Crippen LogP contribution in [0, 0.1) is 6.92 Å².